The van der Waals surface area contributed by atoms with Crippen LogP contribution in [0.1, 0.15) is 40.2 Å². The van der Waals surface area contributed by atoms with Crippen LogP contribution in [0.3, 0.4) is 0 Å². The molecule has 1 rings (SSSR count). The molecule has 0 amide bonds. The molecule has 20 heavy (non-hydrogen) atoms. The van der Waals surface area contributed by atoms with Crippen LogP contribution in [-0.4, -0.2) is 30.1 Å². The lowest BCUT2D eigenvalue weighted by Crippen LogP contribution is -2.44. The molecule has 0 heterocycles. The predicted molar refractivity (Wildman–Crippen MR) is 84.2 cm³/mol. The van der Waals surface area contributed by atoms with Gasteiger partial charge in [-0.05, 0) is 64.9 Å². The summed E-state index contributed by atoms with van der Waals surface area (Å²) in [5, 5.41) is 3.55. The van der Waals surface area contributed by atoms with Gasteiger partial charge in [-0.1, -0.05) is 19.1 Å². The van der Waals surface area contributed by atoms with Crippen molar-refractivity contribution in [2.75, 3.05) is 13.6 Å². The van der Waals surface area contributed by atoms with Crippen LogP contribution in [0.15, 0.2) is 24.3 Å². The van der Waals surface area contributed by atoms with Gasteiger partial charge < -0.3 is 5.32 Å². The SMILES string of the molecule is CC(CNC(C)(C)C)C(C)N(C)Cc1ccc(F)cc1. The number of hydrogen-bond donors (Lipinski definition) is 1. The first-order chi connectivity index (χ1) is 9.19. The molecule has 2 nitrogen and oxygen atoms in total. The van der Waals surface area contributed by atoms with E-state index in [4.69, 9.17) is 0 Å². The van der Waals surface area contributed by atoms with Crippen LogP contribution in [0.4, 0.5) is 4.39 Å². The molecule has 2 atom stereocenters. The minimum atomic E-state index is -0.174. The first-order valence-corrected chi connectivity index (χ1v) is 7.39. The Hall–Kier alpha value is -0.930. The molecular weight excluding hydrogens is 251 g/mol. The van der Waals surface area contributed by atoms with Gasteiger partial charge in [-0.3, -0.25) is 4.90 Å². The minimum Gasteiger partial charge on any atom is -0.312 e. The standard InChI is InChI=1S/C17H29FN2/c1-13(11-19-17(3,4)5)14(2)20(6)12-15-7-9-16(18)10-8-15/h7-10,13-14,19H,11-12H2,1-6H3. The molecule has 0 saturated heterocycles. The topological polar surface area (TPSA) is 15.3 Å². The van der Waals surface area contributed by atoms with Gasteiger partial charge in [0.2, 0.25) is 0 Å². The van der Waals surface area contributed by atoms with Gasteiger partial charge in [0.1, 0.15) is 5.82 Å². The highest BCUT2D eigenvalue weighted by molar-refractivity contribution is 5.15. The maximum atomic E-state index is 12.9. The first kappa shape index (κ1) is 17.1. The highest BCUT2D eigenvalue weighted by Crippen LogP contribution is 2.14. The van der Waals surface area contributed by atoms with E-state index in [1.165, 1.54) is 12.1 Å². The molecule has 1 aromatic carbocycles. The van der Waals surface area contributed by atoms with E-state index >= 15 is 0 Å². The zero-order valence-electron chi connectivity index (χ0n) is 13.7. The molecule has 0 aliphatic rings. The van der Waals surface area contributed by atoms with Crippen LogP contribution in [0.2, 0.25) is 0 Å². The summed E-state index contributed by atoms with van der Waals surface area (Å²) < 4.78 is 12.9. The van der Waals surface area contributed by atoms with Gasteiger partial charge in [-0.2, -0.15) is 0 Å². The van der Waals surface area contributed by atoms with E-state index in [1.54, 1.807) is 0 Å². The smallest absolute Gasteiger partial charge is 0.123 e. The number of benzene rings is 1. The van der Waals surface area contributed by atoms with Crippen LogP contribution in [0.25, 0.3) is 0 Å². The second-order valence-corrected chi connectivity index (χ2v) is 6.89. The Morgan fingerprint density at radius 1 is 1.15 bits per heavy atom. The number of hydrogen-bond acceptors (Lipinski definition) is 2. The van der Waals surface area contributed by atoms with Crippen LogP contribution in [0.5, 0.6) is 0 Å². The molecule has 0 fully saturated rings. The van der Waals surface area contributed by atoms with Crippen molar-refractivity contribution < 1.29 is 4.39 Å². The van der Waals surface area contributed by atoms with Crippen molar-refractivity contribution in [1.29, 1.82) is 0 Å². The second-order valence-electron chi connectivity index (χ2n) is 6.89. The van der Waals surface area contributed by atoms with Crippen molar-refractivity contribution >= 4 is 0 Å². The summed E-state index contributed by atoms with van der Waals surface area (Å²) in [5.41, 5.74) is 1.31. The predicted octanol–water partition coefficient (Wildman–Crippen LogP) is 3.67. The summed E-state index contributed by atoms with van der Waals surface area (Å²) in [5.74, 6) is 0.381. The zero-order valence-corrected chi connectivity index (χ0v) is 13.7. The first-order valence-electron chi connectivity index (χ1n) is 7.39. The molecule has 1 aromatic rings. The molecule has 1 N–H and O–H groups in total. The van der Waals surface area contributed by atoms with Crippen molar-refractivity contribution in [3.8, 4) is 0 Å². The van der Waals surface area contributed by atoms with E-state index in [0.29, 0.717) is 12.0 Å². The van der Waals surface area contributed by atoms with E-state index < -0.39 is 0 Å². The average Bonchev–Trinajstić information content (AvgIpc) is 2.36. The Morgan fingerprint density at radius 2 is 1.70 bits per heavy atom. The number of halogens is 1. The fourth-order valence-electron chi connectivity index (χ4n) is 2.09. The summed E-state index contributed by atoms with van der Waals surface area (Å²) in [4.78, 5) is 2.32. The Balaban J connectivity index is 2.49. The molecule has 0 spiro atoms. The fraction of sp³-hybridized carbons (Fsp3) is 0.647. The van der Waals surface area contributed by atoms with E-state index in [0.717, 1.165) is 18.7 Å². The molecule has 0 aromatic heterocycles. The largest absolute Gasteiger partial charge is 0.312 e. The third-order valence-corrected chi connectivity index (χ3v) is 3.82. The molecule has 0 bridgehead atoms. The molecule has 3 heteroatoms. The summed E-state index contributed by atoms with van der Waals surface area (Å²) in [6.07, 6.45) is 0. The van der Waals surface area contributed by atoms with E-state index in [2.05, 4.69) is 51.9 Å². The Morgan fingerprint density at radius 3 is 2.20 bits per heavy atom. The molecular formula is C17H29FN2. The Labute approximate surface area is 123 Å². The number of nitrogens with zero attached hydrogens (tertiary/aromatic N) is 1. The Kier molecular flexibility index (Phi) is 6.15. The van der Waals surface area contributed by atoms with Crippen LogP contribution in [-0.2, 0) is 6.54 Å². The van der Waals surface area contributed by atoms with Gasteiger partial charge in [0.05, 0.1) is 0 Å². The normalized spacial score (nSPS) is 15.4. The Bertz CT molecular complexity index is 394. The van der Waals surface area contributed by atoms with E-state index in [-0.39, 0.29) is 11.4 Å². The van der Waals surface area contributed by atoms with Crippen molar-refractivity contribution in [3.05, 3.63) is 35.6 Å². The molecule has 0 aliphatic heterocycles. The quantitative estimate of drug-likeness (QED) is 0.855. The average molecular weight is 280 g/mol. The molecule has 0 saturated carbocycles. The van der Waals surface area contributed by atoms with Crippen LogP contribution in [0, 0.1) is 11.7 Å². The van der Waals surface area contributed by atoms with Gasteiger partial charge in [-0.15, -0.1) is 0 Å². The van der Waals surface area contributed by atoms with E-state index in [9.17, 15) is 4.39 Å². The lowest BCUT2D eigenvalue weighted by molar-refractivity contribution is 0.182. The van der Waals surface area contributed by atoms with Crippen LogP contribution < -0.4 is 5.32 Å². The lowest BCUT2D eigenvalue weighted by atomic mass is 9.99. The lowest BCUT2D eigenvalue weighted by Gasteiger charge is -2.32. The second kappa shape index (κ2) is 7.19. The highest BCUT2D eigenvalue weighted by atomic mass is 19.1. The number of nitrogens with one attached hydrogen (secondary N) is 1. The third kappa shape index (κ3) is 6.02. The molecule has 2 unspecified atom stereocenters. The highest BCUT2D eigenvalue weighted by Gasteiger charge is 2.19. The van der Waals surface area contributed by atoms with Crippen molar-refractivity contribution in [2.24, 2.45) is 5.92 Å². The zero-order chi connectivity index (χ0) is 15.3. The molecule has 0 aliphatic carbocycles. The molecule has 0 radical (unpaired) electrons. The monoisotopic (exact) mass is 280 g/mol. The van der Waals surface area contributed by atoms with Crippen LogP contribution >= 0.6 is 0 Å². The number of rotatable bonds is 6. The van der Waals surface area contributed by atoms with Gasteiger partial charge in [0.15, 0.2) is 0 Å². The van der Waals surface area contributed by atoms with Gasteiger partial charge in [0, 0.05) is 18.1 Å². The summed E-state index contributed by atoms with van der Waals surface area (Å²) in [7, 11) is 2.13. The minimum absolute atomic E-state index is 0.156. The maximum absolute atomic E-state index is 12.9. The van der Waals surface area contributed by atoms with Gasteiger partial charge >= 0.3 is 0 Å². The van der Waals surface area contributed by atoms with E-state index in [1.807, 2.05) is 12.1 Å². The third-order valence-electron chi connectivity index (χ3n) is 3.82. The van der Waals surface area contributed by atoms with Gasteiger partial charge in [-0.25, -0.2) is 4.39 Å². The molecule has 114 valence electrons. The van der Waals surface area contributed by atoms with Crippen molar-refractivity contribution in [2.45, 2.75) is 52.7 Å². The summed E-state index contributed by atoms with van der Waals surface area (Å²) in [6.45, 7) is 12.9. The van der Waals surface area contributed by atoms with Crippen molar-refractivity contribution in [3.63, 3.8) is 0 Å². The summed E-state index contributed by atoms with van der Waals surface area (Å²) in [6, 6.07) is 7.24. The van der Waals surface area contributed by atoms with Gasteiger partial charge in [0.25, 0.3) is 0 Å². The fourth-order valence-corrected chi connectivity index (χ4v) is 2.09. The van der Waals surface area contributed by atoms with Crippen molar-refractivity contribution in [1.82, 2.24) is 10.2 Å². The summed E-state index contributed by atoms with van der Waals surface area (Å²) >= 11 is 0. The maximum Gasteiger partial charge on any atom is 0.123 e.